The second-order valence-electron chi connectivity index (χ2n) is 25.2. The fraction of sp³-hybridized carbons (Fsp3) is 0.0448. The minimum absolute atomic E-state index is 0.242. The Morgan fingerprint density at radius 2 is 0.353 bits per heavy atom. The molecule has 1 aliphatic heterocycles. The van der Waals surface area contributed by atoms with Crippen LogP contribution >= 0.6 is 0 Å². The van der Waals surface area contributed by atoms with Gasteiger partial charge in [-0.15, -0.1) is 0 Å². The SMILES string of the molecule is c1ccc(CN2C34c5c6c7c8c9c%10c(c%11c%12c3c3c%13c5c5c%14c6c6c8c8c9c9c%15c%10c%11c%10c%11c%12c3c3c%12c%13c5c5c%13c%14c6c6c8c8c9c9c%15c%10c%10c%11c3c3c%12c5c5c%13c6c8c6c9c%10c3c56)C724)cc1. The Morgan fingerprint density at radius 1 is 0.191 bits per heavy atom. The third-order valence-corrected chi connectivity index (χ3v) is 25.2. The molecule has 0 amide bonds. The second-order valence-corrected chi connectivity index (χ2v) is 25.2. The van der Waals surface area contributed by atoms with E-state index >= 15 is 0 Å². The van der Waals surface area contributed by atoms with E-state index in [9.17, 15) is 0 Å². The molecule has 5 aliphatic rings. The molecule has 0 bridgehead atoms. The minimum Gasteiger partial charge on any atom is -0.267 e. The standard InChI is InChI=1S/C67H7N/c1-2-4-7(5-3-1)6-68-66-62-55-48-36-28-19-10-8-9-11-14(10)23-30(28)38-39-31(23)29-20(11)22-18-13(9)16-15-12(8)17-21(19)34(36)42-40-26(17)24(15)32-33-25(16)27(18)41-43-35(22)37(29)49-51(39)60(59(62)50(38)48)63-56(49)54(43)58-47(41)45(33)52-44(32)46(40)57(53(42)55)64(66)61(52)65(58)67(63,66)68/h1-5H,6H2. The molecule has 0 saturated carbocycles. The molecule has 68 heavy (non-hydrogen) atoms. The number of benzene rings is 18. The van der Waals surface area contributed by atoms with E-state index in [-0.39, 0.29) is 11.1 Å². The van der Waals surface area contributed by atoms with E-state index in [0.717, 1.165) is 6.54 Å². The van der Waals surface area contributed by atoms with Crippen molar-refractivity contribution in [3.63, 3.8) is 0 Å². The summed E-state index contributed by atoms with van der Waals surface area (Å²) in [7, 11) is 0. The van der Waals surface area contributed by atoms with Crippen molar-refractivity contribution < 1.29 is 0 Å². The van der Waals surface area contributed by atoms with Crippen molar-refractivity contribution in [2.45, 2.75) is 17.6 Å². The monoisotopic (exact) mass is 825 g/mol. The van der Waals surface area contributed by atoms with Gasteiger partial charge in [-0.1, -0.05) is 30.3 Å². The molecule has 1 nitrogen and oxygen atoms in total. The van der Waals surface area contributed by atoms with Crippen molar-refractivity contribution in [2.75, 3.05) is 0 Å². The van der Waals surface area contributed by atoms with Crippen LogP contribution in [0.25, 0.3) is 291 Å². The van der Waals surface area contributed by atoms with Crippen LogP contribution in [-0.2, 0) is 17.6 Å². The predicted octanol–water partition coefficient (Wildman–Crippen LogP) is 17.7. The Bertz CT molecular complexity index is 7050. The first-order valence-corrected chi connectivity index (χ1v) is 25.5. The Balaban J connectivity index is 1.18. The van der Waals surface area contributed by atoms with Crippen LogP contribution in [0, 0.1) is 0 Å². The largest absolute Gasteiger partial charge is 0.267 e. The van der Waals surface area contributed by atoms with E-state index in [1.807, 2.05) is 0 Å². The molecule has 2 unspecified atom stereocenters. The van der Waals surface area contributed by atoms with Gasteiger partial charge in [-0.3, -0.25) is 4.90 Å². The van der Waals surface area contributed by atoms with Crippen LogP contribution in [0.4, 0.5) is 0 Å². The zero-order valence-electron chi connectivity index (χ0n) is 34.5. The zero-order valence-corrected chi connectivity index (χ0v) is 34.5. The van der Waals surface area contributed by atoms with Crippen molar-refractivity contribution in [1.29, 1.82) is 0 Å². The summed E-state index contributed by atoms with van der Waals surface area (Å²) >= 11 is 0. The summed E-state index contributed by atoms with van der Waals surface area (Å²) in [6, 6.07) is 11.8. The van der Waals surface area contributed by atoms with Gasteiger partial charge in [-0.05, 0) is 319 Å². The first-order valence-electron chi connectivity index (χ1n) is 25.5. The van der Waals surface area contributed by atoms with Crippen LogP contribution in [0.3, 0.4) is 0 Å². The van der Waals surface area contributed by atoms with Crippen LogP contribution in [0.1, 0.15) is 27.8 Å². The molecule has 280 valence electrons. The van der Waals surface area contributed by atoms with Gasteiger partial charge in [-0.25, -0.2) is 0 Å². The first kappa shape index (κ1) is 24.4. The van der Waals surface area contributed by atoms with Crippen LogP contribution < -0.4 is 0 Å². The highest BCUT2D eigenvalue weighted by Gasteiger charge is 2.86. The van der Waals surface area contributed by atoms with E-state index in [1.54, 1.807) is 313 Å². The van der Waals surface area contributed by atoms with Gasteiger partial charge < -0.3 is 0 Å². The average molecular weight is 826 g/mol. The topological polar surface area (TPSA) is 3.01 Å². The lowest BCUT2D eigenvalue weighted by atomic mass is 9.69. The maximum absolute atomic E-state index is 3.19. The molecule has 0 aromatic heterocycles. The Kier molecular flexibility index (Phi) is 1.95. The summed E-state index contributed by atoms with van der Waals surface area (Å²) in [6.45, 7) is 0.972. The molecular formula is C67H7N. The Morgan fingerprint density at radius 3 is 0.588 bits per heavy atom. The smallest absolute Gasteiger partial charge is 0.103 e. The van der Waals surface area contributed by atoms with Crippen LogP contribution in [-0.4, -0.2) is 4.90 Å². The zero-order chi connectivity index (χ0) is 39.9. The van der Waals surface area contributed by atoms with Gasteiger partial charge in [0, 0.05) is 6.54 Å². The molecule has 0 radical (unpaired) electrons. The van der Waals surface area contributed by atoms with Gasteiger partial charge >= 0.3 is 0 Å². The molecule has 2 atom stereocenters. The fourth-order valence-corrected chi connectivity index (χ4v) is 25.1. The van der Waals surface area contributed by atoms with Crippen molar-refractivity contribution in [3.05, 3.63) is 58.1 Å². The third kappa shape index (κ3) is 1.24. The maximum Gasteiger partial charge on any atom is 0.103 e. The van der Waals surface area contributed by atoms with Crippen LogP contribution in [0.2, 0.25) is 0 Å². The van der Waals surface area contributed by atoms with E-state index < -0.39 is 0 Å². The molecule has 1 fully saturated rings. The molecule has 1 heteroatoms. The normalized spacial score (nSPS) is 23.6. The van der Waals surface area contributed by atoms with E-state index in [0.29, 0.717) is 0 Å². The summed E-state index contributed by atoms with van der Waals surface area (Å²) in [5.74, 6) is 0. The van der Waals surface area contributed by atoms with Gasteiger partial charge in [0.25, 0.3) is 0 Å². The highest BCUT2D eigenvalue weighted by molar-refractivity contribution is 6.82. The van der Waals surface area contributed by atoms with Crippen molar-refractivity contribution >= 4 is 291 Å². The molecule has 1 heterocycles. The maximum atomic E-state index is 3.19. The number of nitrogens with zero attached hydrogens (tertiary/aromatic N) is 1. The number of hydrogen-bond donors (Lipinski definition) is 0. The lowest BCUT2D eigenvalue weighted by Crippen LogP contribution is -2.25. The Hall–Kier alpha value is -8.36. The summed E-state index contributed by atoms with van der Waals surface area (Å²) in [4.78, 5) is 3.19. The lowest BCUT2D eigenvalue weighted by molar-refractivity contribution is 0.416. The summed E-state index contributed by atoms with van der Waals surface area (Å²) in [6.07, 6.45) is 0. The highest BCUT2D eigenvalue weighted by atomic mass is 15.5. The quantitative estimate of drug-likeness (QED) is 0.124. The molecule has 2 spiro atoms. The summed E-state index contributed by atoms with van der Waals surface area (Å²) in [5, 5.41) is 90.4. The van der Waals surface area contributed by atoms with Gasteiger partial charge in [0.2, 0.25) is 0 Å². The van der Waals surface area contributed by atoms with E-state index in [1.165, 1.54) is 5.56 Å². The van der Waals surface area contributed by atoms with Gasteiger partial charge in [-0.2, -0.15) is 0 Å². The van der Waals surface area contributed by atoms with Gasteiger partial charge in [0.05, 0.1) is 0 Å². The third-order valence-electron chi connectivity index (χ3n) is 25.2. The van der Waals surface area contributed by atoms with Crippen LogP contribution in [0.5, 0.6) is 0 Å². The van der Waals surface area contributed by atoms with E-state index in [4.69, 9.17) is 0 Å². The molecule has 29 aromatic carbocycles. The second kappa shape index (κ2) is 5.42. The highest BCUT2D eigenvalue weighted by Crippen LogP contribution is 2.90. The van der Waals surface area contributed by atoms with Gasteiger partial charge in [0.1, 0.15) is 11.1 Å². The first-order chi connectivity index (χ1) is 33.9. The summed E-state index contributed by atoms with van der Waals surface area (Å²) in [5.41, 5.74) is 7.99. The fourth-order valence-electron chi connectivity index (χ4n) is 25.1. The Labute approximate surface area is 369 Å². The van der Waals surface area contributed by atoms with Gasteiger partial charge in [0.15, 0.2) is 0 Å². The van der Waals surface area contributed by atoms with E-state index in [2.05, 4.69) is 35.2 Å². The number of hydrogen-bond acceptors (Lipinski definition) is 1. The molecule has 4 aliphatic carbocycles. The summed E-state index contributed by atoms with van der Waals surface area (Å²) < 4.78 is 0. The van der Waals surface area contributed by atoms with Crippen molar-refractivity contribution in [2.24, 2.45) is 0 Å². The average Bonchev–Trinajstić information content (AvgIpc) is 4.27. The minimum atomic E-state index is -0.242. The number of rotatable bonds is 2. The molecule has 1 saturated heterocycles. The molecule has 29 aromatic rings. The lowest BCUT2D eigenvalue weighted by Gasteiger charge is -2.29. The van der Waals surface area contributed by atoms with Crippen molar-refractivity contribution in [1.82, 2.24) is 4.90 Å². The van der Waals surface area contributed by atoms with Crippen molar-refractivity contribution in [3.8, 4) is 0 Å². The molecule has 34 rings (SSSR count). The predicted molar refractivity (Wildman–Crippen MR) is 286 cm³/mol. The molecular weight excluding hydrogens is 819 g/mol. The van der Waals surface area contributed by atoms with Crippen LogP contribution in [0.15, 0.2) is 30.3 Å². The molecule has 0 N–H and O–H groups in total.